The summed E-state index contributed by atoms with van der Waals surface area (Å²) in [5.41, 5.74) is 1.86. The van der Waals surface area contributed by atoms with Crippen molar-refractivity contribution in [2.24, 2.45) is 0 Å². The molecule has 0 spiro atoms. The second-order valence-electron chi connectivity index (χ2n) is 7.33. The molecule has 0 aliphatic rings. The second kappa shape index (κ2) is 8.33. The number of para-hydroxylation sites is 2. The molecule has 0 fully saturated rings. The van der Waals surface area contributed by atoms with Crippen LogP contribution < -0.4 is 5.56 Å². The molecule has 0 aliphatic carbocycles. The SMILES string of the molecule is Cc1nn(-c2ccccc2)c2sc(C(=O)OCc3nc4ccccc4c(=O)n3CC#N)cc12. The van der Waals surface area contributed by atoms with Gasteiger partial charge in [0.15, 0.2) is 5.82 Å². The highest BCUT2D eigenvalue weighted by molar-refractivity contribution is 7.20. The molecule has 0 N–H and O–H groups in total. The van der Waals surface area contributed by atoms with E-state index in [0.717, 1.165) is 21.6 Å². The lowest BCUT2D eigenvalue weighted by Gasteiger charge is -2.11. The van der Waals surface area contributed by atoms with Gasteiger partial charge >= 0.3 is 5.97 Å². The molecule has 5 rings (SSSR count). The molecule has 0 saturated carbocycles. The summed E-state index contributed by atoms with van der Waals surface area (Å²) in [6.45, 7) is 1.49. The van der Waals surface area contributed by atoms with Gasteiger partial charge in [0.25, 0.3) is 5.56 Å². The zero-order valence-electron chi connectivity index (χ0n) is 17.6. The van der Waals surface area contributed by atoms with Crippen molar-refractivity contribution in [1.82, 2.24) is 19.3 Å². The number of benzene rings is 2. The van der Waals surface area contributed by atoms with E-state index in [0.29, 0.717) is 15.8 Å². The van der Waals surface area contributed by atoms with Crippen LogP contribution in [0.1, 0.15) is 21.2 Å². The molecule has 0 radical (unpaired) electrons. The number of carbonyl (C=O) groups is 1. The maximum atomic E-state index is 12.8. The fourth-order valence-corrected chi connectivity index (χ4v) is 4.73. The molecule has 3 aromatic heterocycles. The van der Waals surface area contributed by atoms with Crippen LogP contribution in [0.15, 0.2) is 65.5 Å². The van der Waals surface area contributed by atoms with Crippen molar-refractivity contribution in [2.75, 3.05) is 0 Å². The first-order valence-corrected chi connectivity index (χ1v) is 11.0. The zero-order valence-corrected chi connectivity index (χ0v) is 18.4. The van der Waals surface area contributed by atoms with Crippen LogP contribution >= 0.6 is 11.3 Å². The van der Waals surface area contributed by atoms with Crippen LogP contribution in [0, 0.1) is 18.3 Å². The van der Waals surface area contributed by atoms with E-state index >= 15 is 0 Å². The molecule has 8 nitrogen and oxygen atoms in total. The van der Waals surface area contributed by atoms with Crippen molar-refractivity contribution in [3.63, 3.8) is 0 Å². The molecule has 0 unspecified atom stereocenters. The van der Waals surface area contributed by atoms with Crippen molar-refractivity contribution < 1.29 is 9.53 Å². The number of hydrogen-bond donors (Lipinski definition) is 0. The highest BCUT2D eigenvalue weighted by atomic mass is 32.1. The van der Waals surface area contributed by atoms with Crippen molar-refractivity contribution in [2.45, 2.75) is 20.1 Å². The summed E-state index contributed by atoms with van der Waals surface area (Å²) >= 11 is 1.29. The van der Waals surface area contributed by atoms with Gasteiger partial charge in [-0.1, -0.05) is 30.3 Å². The maximum Gasteiger partial charge on any atom is 0.348 e. The number of rotatable bonds is 5. The lowest BCUT2D eigenvalue weighted by molar-refractivity contribution is 0.0463. The fourth-order valence-electron chi connectivity index (χ4n) is 3.65. The molecule has 5 aromatic rings. The molecular formula is C24H17N5O3S. The molecule has 162 valence electrons. The maximum absolute atomic E-state index is 12.8. The number of ether oxygens (including phenoxy) is 1. The normalized spacial score (nSPS) is 11.0. The second-order valence-corrected chi connectivity index (χ2v) is 8.36. The quantitative estimate of drug-likeness (QED) is 0.371. The smallest absolute Gasteiger partial charge is 0.348 e. The number of hydrogen-bond acceptors (Lipinski definition) is 7. The Morgan fingerprint density at radius 1 is 1.12 bits per heavy atom. The summed E-state index contributed by atoms with van der Waals surface area (Å²) in [4.78, 5) is 31.3. The van der Waals surface area contributed by atoms with Crippen molar-refractivity contribution in [3.05, 3.63) is 87.4 Å². The molecule has 0 bridgehead atoms. The number of aromatic nitrogens is 4. The van der Waals surface area contributed by atoms with Gasteiger partial charge in [0.05, 0.1) is 28.4 Å². The summed E-state index contributed by atoms with van der Waals surface area (Å²) < 4.78 is 8.54. The molecular weight excluding hydrogens is 438 g/mol. The Labute approximate surface area is 191 Å². The van der Waals surface area contributed by atoms with Crippen LogP contribution in [-0.4, -0.2) is 25.3 Å². The number of aryl methyl sites for hydroxylation is 1. The van der Waals surface area contributed by atoms with E-state index in [2.05, 4.69) is 10.1 Å². The first kappa shape index (κ1) is 20.6. The lowest BCUT2D eigenvalue weighted by atomic mass is 10.2. The Kier molecular flexibility index (Phi) is 5.20. The molecule has 2 aromatic carbocycles. The van der Waals surface area contributed by atoms with Gasteiger partial charge in [-0.2, -0.15) is 10.4 Å². The van der Waals surface area contributed by atoms with Crippen LogP contribution in [0.2, 0.25) is 0 Å². The van der Waals surface area contributed by atoms with Gasteiger partial charge in [0.1, 0.15) is 22.9 Å². The van der Waals surface area contributed by atoms with E-state index in [-0.39, 0.29) is 24.5 Å². The number of carbonyl (C=O) groups excluding carboxylic acids is 1. The van der Waals surface area contributed by atoms with E-state index in [1.54, 1.807) is 30.3 Å². The third-order valence-corrected chi connectivity index (χ3v) is 6.34. The summed E-state index contributed by atoms with van der Waals surface area (Å²) in [5.74, 6) is -0.303. The Morgan fingerprint density at radius 2 is 1.88 bits per heavy atom. The number of nitriles is 1. The van der Waals surface area contributed by atoms with Crippen molar-refractivity contribution in [3.8, 4) is 11.8 Å². The summed E-state index contributed by atoms with van der Waals surface area (Å²) in [7, 11) is 0. The van der Waals surface area contributed by atoms with E-state index < -0.39 is 5.97 Å². The van der Waals surface area contributed by atoms with Crippen molar-refractivity contribution in [1.29, 1.82) is 5.26 Å². The van der Waals surface area contributed by atoms with Crippen LogP contribution in [0.25, 0.3) is 26.8 Å². The van der Waals surface area contributed by atoms with Gasteiger partial charge < -0.3 is 4.74 Å². The minimum atomic E-state index is -0.527. The molecule has 33 heavy (non-hydrogen) atoms. The number of fused-ring (bicyclic) bond motifs is 2. The fraction of sp³-hybridized carbons (Fsp3) is 0.125. The Balaban J connectivity index is 1.45. The van der Waals surface area contributed by atoms with E-state index in [9.17, 15) is 9.59 Å². The van der Waals surface area contributed by atoms with Crippen LogP contribution in [0.4, 0.5) is 0 Å². The number of nitrogens with zero attached hydrogens (tertiary/aromatic N) is 5. The molecule has 0 aliphatic heterocycles. The number of esters is 1. The lowest BCUT2D eigenvalue weighted by Crippen LogP contribution is -2.26. The largest absolute Gasteiger partial charge is 0.453 e. The van der Waals surface area contributed by atoms with Crippen LogP contribution in [-0.2, 0) is 17.9 Å². The summed E-state index contributed by atoms with van der Waals surface area (Å²) in [5, 5.41) is 15.0. The van der Waals surface area contributed by atoms with Crippen LogP contribution in [0.5, 0.6) is 0 Å². The highest BCUT2D eigenvalue weighted by Gasteiger charge is 2.19. The van der Waals surface area contributed by atoms with Crippen molar-refractivity contribution >= 4 is 38.4 Å². The highest BCUT2D eigenvalue weighted by Crippen LogP contribution is 2.31. The molecule has 9 heteroatoms. The van der Waals surface area contributed by atoms with E-state index in [1.165, 1.54) is 15.9 Å². The first-order chi connectivity index (χ1) is 16.1. The molecule has 0 saturated heterocycles. The van der Waals surface area contributed by atoms with Crippen LogP contribution in [0.3, 0.4) is 0 Å². The monoisotopic (exact) mass is 455 g/mol. The minimum Gasteiger partial charge on any atom is -0.453 e. The van der Waals surface area contributed by atoms with E-state index in [1.807, 2.05) is 48.0 Å². The summed E-state index contributed by atoms with van der Waals surface area (Å²) in [6.07, 6.45) is 0. The van der Waals surface area contributed by atoms with Gasteiger partial charge in [-0.15, -0.1) is 11.3 Å². The average Bonchev–Trinajstić information content (AvgIpc) is 3.41. The topological polar surface area (TPSA) is 103 Å². The Morgan fingerprint density at radius 3 is 2.67 bits per heavy atom. The molecule has 0 amide bonds. The average molecular weight is 455 g/mol. The third-order valence-electron chi connectivity index (χ3n) is 5.25. The standard InChI is InChI=1S/C24H17N5O3S/c1-15-18-13-20(33-23(18)29(27-15)16-7-3-2-4-8-16)24(31)32-14-21-26-19-10-6-5-9-17(19)22(30)28(21)12-11-25/h2-10,13H,12,14H2,1H3. The predicted octanol–water partition coefficient (Wildman–Crippen LogP) is 3.99. The van der Waals surface area contributed by atoms with Gasteiger partial charge in [-0.05, 0) is 37.3 Å². The summed E-state index contributed by atoms with van der Waals surface area (Å²) in [6, 6.07) is 20.3. The van der Waals surface area contributed by atoms with Gasteiger partial charge in [0, 0.05) is 5.39 Å². The van der Waals surface area contributed by atoms with Gasteiger partial charge in [-0.3, -0.25) is 9.36 Å². The third kappa shape index (κ3) is 3.66. The Hall–Kier alpha value is -4.29. The predicted molar refractivity (Wildman–Crippen MR) is 124 cm³/mol. The Bertz CT molecular complexity index is 1610. The van der Waals surface area contributed by atoms with E-state index in [4.69, 9.17) is 10.00 Å². The minimum absolute atomic E-state index is 0.182. The number of thiophene rings is 1. The van der Waals surface area contributed by atoms with Gasteiger partial charge in [-0.25, -0.2) is 14.5 Å². The molecule has 0 atom stereocenters. The molecule has 3 heterocycles. The first-order valence-electron chi connectivity index (χ1n) is 10.1. The van der Waals surface area contributed by atoms with Gasteiger partial charge in [0.2, 0.25) is 0 Å². The zero-order chi connectivity index (χ0) is 22.9.